The number of amides is 4. The molecule has 3 saturated heterocycles. The zero-order chi connectivity index (χ0) is 34.2. The molecule has 3 heterocycles. The molecule has 5 rings (SSSR count). The van der Waals surface area contributed by atoms with Crippen molar-refractivity contribution in [3.63, 3.8) is 0 Å². The Morgan fingerprint density at radius 1 is 0.830 bits per heavy atom. The maximum Gasteiger partial charge on any atom is 0.243 e. The average Bonchev–Trinajstić information content (AvgIpc) is 3.05. The third-order valence-electron chi connectivity index (χ3n) is 8.47. The average molecular weight is 650 g/mol. The topological polar surface area (TPSA) is 172 Å². The number of unbranched alkanes of at least 4 members (excludes halogenated alkanes) is 1. The molecule has 11 nitrogen and oxygen atoms in total. The first-order chi connectivity index (χ1) is 22.6. The maximum atomic E-state index is 13.5. The SMILES string of the molecule is CC(C)CC(NC(=O)C(Cc1ccccc1)NC(=O)C(N)Cc1ccccc1)C(=O)NC(C)CCCCN.O=CN1CC2CC(C1)N2. The summed E-state index contributed by atoms with van der Waals surface area (Å²) in [7, 11) is 0. The molecule has 6 unspecified atom stereocenters. The Kier molecular flexibility index (Phi) is 15.8. The number of carbonyl (C=O) groups excluding carboxylic acids is 4. The van der Waals surface area contributed by atoms with E-state index in [2.05, 4.69) is 21.3 Å². The molecular formula is C36H55N7O4. The standard InChI is InChI=1S/C30H45N5O3.C6H10N2O/c1-21(2)18-26(29(37)33-22(3)12-10-11-17-31)35-30(38)27(20-24-15-8-5-9-16-24)34-28(36)25(32)19-23-13-6-4-7-14-23;9-4-8-2-5-1-6(3-8)7-5/h4-9,13-16,21-22,25-27H,10-12,17-20,31-32H2,1-3H3,(H,33,37)(H,34,36)(H,35,38);4-7H,1-3H2. The zero-order valence-corrected chi connectivity index (χ0v) is 28.2. The van der Waals surface area contributed by atoms with E-state index in [1.54, 1.807) is 0 Å². The predicted molar refractivity (Wildman–Crippen MR) is 185 cm³/mol. The first-order valence-corrected chi connectivity index (χ1v) is 17.0. The van der Waals surface area contributed by atoms with Crippen molar-refractivity contribution < 1.29 is 19.2 Å². The van der Waals surface area contributed by atoms with Gasteiger partial charge in [-0.2, -0.15) is 0 Å². The highest BCUT2D eigenvalue weighted by Gasteiger charge is 2.35. The summed E-state index contributed by atoms with van der Waals surface area (Å²) >= 11 is 0. The molecule has 47 heavy (non-hydrogen) atoms. The van der Waals surface area contributed by atoms with Gasteiger partial charge in [-0.05, 0) is 62.6 Å². The van der Waals surface area contributed by atoms with Crippen LogP contribution in [0.4, 0.5) is 0 Å². The fourth-order valence-electron chi connectivity index (χ4n) is 5.92. The highest BCUT2D eigenvalue weighted by atomic mass is 16.2. The van der Waals surface area contributed by atoms with E-state index in [0.29, 0.717) is 31.5 Å². The monoisotopic (exact) mass is 649 g/mol. The van der Waals surface area contributed by atoms with Crippen molar-refractivity contribution in [3.05, 3.63) is 71.8 Å². The highest BCUT2D eigenvalue weighted by molar-refractivity contribution is 5.93. The number of nitrogens with one attached hydrogen (secondary N) is 4. The van der Waals surface area contributed by atoms with E-state index in [4.69, 9.17) is 11.5 Å². The van der Waals surface area contributed by atoms with Gasteiger partial charge in [-0.25, -0.2) is 0 Å². The summed E-state index contributed by atoms with van der Waals surface area (Å²) in [5.41, 5.74) is 13.6. The quantitative estimate of drug-likeness (QED) is 0.112. The molecule has 4 amide bonds. The Bertz CT molecular complexity index is 1230. The van der Waals surface area contributed by atoms with Crippen LogP contribution < -0.4 is 32.7 Å². The predicted octanol–water partition coefficient (Wildman–Crippen LogP) is 1.64. The molecule has 0 aliphatic carbocycles. The van der Waals surface area contributed by atoms with E-state index in [1.807, 2.05) is 86.3 Å². The zero-order valence-electron chi connectivity index (χ0n) is 28.2. The molecule has 2 aromatic rings. The molecule has 11 heteroatoms. The minimum atomic E-state index is -0.879. The third kappa shape index (κ3) is 13.5. The second kappa shape index (κ2) is 19.8. The smallest absolute Gasteiger partial charge is 0.243 e. The number of rotatable bonds is 17. The van der Waals surface area contributed by atoms with Crippen LogP contribution in [0.25, 0.3) is 0 Å². The summed E-state index contributed by atoms with van der Waals surface area (Å²) in [6.45, 7) is 8.41. The molecule has 258 valence electrons. The van der Waals surface area contributed by atoms with Crippen molar-refractivity contribution in [2.45, 2.75) is 102 Å². The summed E-state index contributed by atoms with van der Waals surface area (Å²) < 4.78 is 0. The minimum Gasteiger partial charge on any atom is -0.352 e. The fraction of sp³-hybridized carbons (Fsp3) is 0.556. The number of piperidine rings is 1. The number of hydrogen-bond acceptors (Lipinski definition) is 7. The van der Waals surface area contributed by atoms with E-state index < -0.39 is 29.9 Å². The van der Waals surface area contributed by atoms with E-state index in [1.165, 1.54) is 6.42 Å². The fourth-order valence-corrected chi connectivity index (χ4v) is 5.92. The minimum absolute atomic E-state index is 0.0311. The van der Waals surface area contributed by atoms with Crippen molar-refractivity contribution in [3.8, 4) is 0 Å². The lowest BCUT2D eigenvalue weighted by Gasteiger charge is -2.46. The van der Waals surface area contributed by atoms with Gasteiger partial charge in [0.1, 0.15) is 12.1 Å². The third-order valence-corrected chi connectivity index (χ3v) is 8.47. The van der Waals surface area contributed by atoms with Crippen LogP contribution in [0.1, 0.15) is 64.0 Å². The van der Waals surface area contributed by atoms with Gasteiger partial charge in [-0.1, -0.05) is 80.9 Å². The molecule has 6 atom stereocenters. The van der Waals surface area contributed by atoms with E-state index in [9.17, 15) is 19.2 Å². The van der Waals surface area contributed by atoms with Gasteiger partial charge in [0.15, 0.2) is 0 Å². The van der Waals surface area contributed by atoms with Crippen LogP contribution in [0.15, 0.2) is 60.7 Å². The number of fused-ring (bicyclic) bond motifs is 2. The van der Waals surface area contributed by atoms with Crippen LogP contribution in [-0.4, -0.2) is 84.9 Å². The number of nitrogens with zero attached hydrogens (tertiary/aromatic N) is 1. The highest BCUT2D eigenvalue weighted by Crippen LogP contribution is 2.19. The van der Waals surface area contributed by atoms with Crippen LogP contribution in [0.2, 0.25) is 0 Å². The molecular weight excluding hydrogens is 594 g/mol. The Labute approximate surface area is 280 Å². The Balaban J connectivity index is 0.000000563. The summed E-state index contributed by atoms with van der Waals surface area (Å²) in [5, 5.41) is 12.1. The molecule has 0 aromatic heterocycles. The summed E-state index contributed by atoms with van der Waals surface area (Å²) in [6.07, 6.45) is 5.97. The summed E-state index contributed by atoms with van der Waals surface area (Å²) in [5.74, 6) is -0.869. The van der Waals surface area contributed by atoms with Gasteiger partial charge in [0.2, 0.25) is 24.1 Å². The lowest BCUT2D eigenvalue weighted by atomic mass is 9.92. The lowest BCUT2D eigenvalue weighted by Crippen LogP contribution is -2.66. The van der Waals surface area contributed by atoms with E-state index in [-0.39, 0.29) is 24.3 Å². The Morgan fingerprint density at radius 3 is 1.87 bits per heavy atom. The van der Waals surface area contributed by atoms with E-state index >= 15 is 0 Å². The number of nitrogens with two attached hydrogens (primary N) is 2. The van der Waals surface area contributed by atoms with Gasteiger partial charge in [-0.3, -0.25) is 19.2 Å². The molecule has 3 fully saturated rings. The molecule has 0 radical (unpaired) electrons. The van der Waals surface area contributed by atoms with Crippen molar-refractivity contribution in [1.29, 1.82) is 0 Å². The van der Waals surface area contributed by atoms with Crippen molar-refractivity contribution >= 4 is 24.1 Å². The second-order valence-corrected chi connectivity index (χ2v) is 13.3. The normalized spacial score (nSPS) is 19.1. The number of piperazine rings is 1. The van der Waals surface area contributed by atoms with Crippen molar-refractivity contribution in [1.82, 2.24) is 26.2 Å². The molecule has 3 aliphatic heterocycles. The van der Waals surface area contributed by atoms with Crippen LogP contribution in [0.3, 0.4) is 0 Å². The maximum absolute atomic E-state index is 13.5. The lowest BCUT2D eigenvalue weighted by molar-refractivity contribution is -0.132. The number of hydrogen-bond donors (Lipinski definition) is 6. The molecule has 2 aromatic carbocycles. The number of carbonyl (C=O) groups is 4. The van der Waals surface area contributed by atoms with Gasteiger partial charge in [0, 0.05) is 37.6 Å². The van der Waals surface area contributed by atoms with Gasteiger partial charge >= 0.3 is 0 Å². The van der Waals surface area contributed by atoms with Crippen molar-refractivity contribution in [2.75, 3.05) is 19.6 Å². The van der Waals surface area contributed by atoms with Gasteiger partial charge in [-0.15, -0.1) is 0 Å². The van der Waals surface area contributed by atoms with Crippen LogP contribution in [0.5, 0.6) is 0 Å². The molecule has 3 aliphatic rings. The second-order valence-electron chi connectivity index (χ2n) is 13.3. The van der Waals surface area contributed by atoms with Gasteiger partial charge < -0.3 is 37.6 Å². The van der Waals surface area contributed by atoms with Crippen LogP contribution >= 0.6 is 0 Å². The van der Waals surface area contributed by atoms with Crippen molar-refractivity contribution in [2.24, 2.45) is 17.4 Å². The largest absolute Gasteiger partial charge is 0.352 e. The first-order valence-electron chi connectivity index (χ1n) is 17.0. The summed E-state index contributed by atoms with van der Waals surface area (Å²) in [4.78, 5) is 51.7. The summed E-state index contributed by atoms with van der Waals surface area (Å²) in [6, 6.07) is 17.7. The first kappa shape index (κ1) is 37.7. The Hall–Kier alpha value is -3.80. The molecule has 0 saturated carbocycles. The van der Waals surface area contributed by atoms with Crippen LogP contribution in [0, 0.1) is 5.92 Å². The van der Waals surface area contributed by atoms with Gasteiger partial charge in [0.05, 0.1) is 6.04 Å². The Morgan fingerprint density at radius 2 is 1.36 bits per heavy atom. The molecule has 2 bridgehead atoms. The molecule has 0 spiro atoms. The van der Waals surface area contributed by atoms with Crippen LogP contribution in [-0.2, 0) is 32.0 Å². The van der Waals surface area contributed by atoms with E-state index in [0.717, 1.165) is 49.9 Å². The molecule has 8 N–H and O–H groups in total. The van der Waals surface area contributed by atoms with Gasteiger partial charge in [0.25, 0.3) is 0 Å². The number of benzene rings is 2.